The van der Waals surface area contributed by atoms with Crippen molar-refractivity contribution in [2.45, 2.75) is 33.1 Å². The van der Waals surface area contributed by atoms with Crippen LogP contribution in [-0.2, 0) is 17.6 Å². The average molecular weight is 436 g/mol. The van der Waals surface area contributed by atoms with Crippen molar-refractivity contribution < 1.29 is 19.1 Å². The number of hydrogen-bond acceptors (Lipinski definition) is 5. The molecular formula is C25H25NO4S. The van der Waals surface area contributed by atoms with E-state index in [1.165, 1.54) is 16.2 Å². The number of nitrogens with one attached hydrogen (secondary N) is 1. The molecule has 2 aromatic carbocycles. The normalized spacial score (nSPS) is 15.1. The number of ether oxygens (including phenoxy) is 2. The third-order valence-corrected chi connectivity index (χ3v) is 6.48. The number of anilines is 1. The van der Waals surface area contributed by atoms with Gasteiger partial charge >= 0.3 is 5.97 Å². The van der Waals surface area contributed by atoms with Crippen molar-refractivity contribution in [3.63, 3.8) is 0 Å². The topological polar surface area (TPSA) is 64.6 Å². The summed E-state index contributed by atoms with van der Waals surface area (Å²) in [5, 5.41) is 3.52. The van der Waals surface area contributed by atoms with E-state index in [4.69, 9.17) is 9.47 Å². The minimum atomic E-state index is -0.364. The van der Waals surface area contributed by atoms with Gasteiger partial charge in [-0.1, -0.05) is 25.1 Å². The molecule has 0 bridgehead atoms. The highest BCUT2D eigenvalue weighted by atomic mass is 32.1. The SMILES string of the molecule is CCOC(=O)c1c(NC(=O)c2ccc(Oc3ccccc3)cc2)sc2c1CCC(C)C2. The van der Waals surface area contributed by atoms with Gasteiger partial charge in [0.25, 0.3) is 5.91 Å². The van der Waals surface area contributed by atoms with Crippen molar-refractivity contribution in [2.75, 3.05) is 11.9 Å². The number of para-hydroxylation sites is 1. The zero-order valence-corrected chi connectivity index (χ0v) is 18.5. The van der Waals surface area contributed by atoms with Crippen LogP contribution in [0.2, 0.25) is 0 Å². The summed E-state index contributed by atoms with van der Waals surface area (Å²) >= 11 is 1.49. The first-order chi connectivity index (χ1) is 15.0. The van der Waals surface area contributed by atoms with Crippen molar-refractivity contribution >= 4 is 28.2 Å². The number of benzene rings is 2. The molecule has 1 aliphatic carbocycles. The standard InChI is InChI=1S/C25H25NO4S/c1-3-29-25(28)22-20-14-9-16(2)15-21(20)31-24(22)26-23(27)17-10-12-19(13-11-17)30-18-7-5-4-6-8-18/h4-8,10-13,16H,3,9,14-15H2,1-2H3,(H,26,27). The van der Waals surface area contributed by atoms with E-state index < -0.39 is 0 Å². The van der Waals surface area contributed by atoms with Gasteiger partial charge in [0.05, 0.1) is 12.2 Å². The van der Waals surface area contributed by atoms with Crippen LogP contribution in [0, 0.1) is 5.92 Å². The van der Waals surface area contributed by atoms with Crippen LogP contribution < -0.4 is 10.1 Å². The van der Waals surface area contributed by atoms with Crippen molar-refractivity contribution in [1.29, 1.82) is 0 Å². The molecule has 160 valence electrons. The molecule has 0 aliphatic heterocycles. The van der Waals surface area contributed by atoms with Gasteiger partial charge in [-0.3, -0.25) is 4.79 Å². The van der Waals surface area contributed by atoms with Gasteiger partial charge in [-0.2, -0.15) is 0 Å². The maximum absolute atomic E-state index is 12.9. The van der Waals surface area contributed by atoms with Crippen LogP contribution in [-0.4, -0.2) is 18.5 Å². The van der Waals surface area contributed by atoms with E-state index in [9.17, 15) is 9.59 Å². The van der Waals surface area contributed by atoms with E-state index >= 15 is 0 Å². The summed E-state index contributed by atoms with van der Waals surface area (Å²) in [4.78, 5) is 26.7. The minimum absolute atomic E-state index is 0.261. The summed E-state index contributed by atoms with van der Waals surface area (Å²) in [5.41, 5.74) is 2.05. The van der Waals surface area contributed by atoms with Gasteiger partial charge in [-0.05, 0) is 74.1 Å². The summed E-state index contributed by atoms with van der Waals surface area (Å²) in [6.07, 6.45) is 2.79. The van der Waals surface area contributed by atoms with Crippen molar-refractivity contribution in [2.24, 2.45) is 5.92 Å². The fraction of sp³-hybridized carbons (Fsp3) is 0.280. The van der Waals surface area contributed by atoms with Crippen molar-refractivity contribution in [1.82, 2.24) is 0 Å². The highest BCUT2D eigenvalue weighted by Crippen LogP contribution is 2.40. The molecule has 1 atom stereocenters. The van der Waals surface area contributed by atoms with Crippen molar-refractivity contribution in [3.05, 3.63) is 76.2 Å². The smallest absolute Gasteiger partial charge is 0.341 e. The Hall–Kier alpha value is -3.12. The molecule has 0 saturated heterocycles. The highest BCUT2D eigenvalue weighted by molar-refractivity contribution is 7.17. The minimum Gasteiger partial charge on any atom is -0.462 e. The van der Waals surface area contributed by atoms with Gasteiger partial charge < -0.3 is 14.8 Å². The predicted octanol–water partition coefficient (Wildman–Crippen LogP) is 6.09. The molecule has 1 amide bonds. The lowest BCUT2D eigenvalue weighted by molar-refractivity contribution is 0.0526. The molecule has 1 aromatic heterocycles. The molecule has 1 heterocycles. The monoisotopic (exact) mass is 435 g/mol. The maximum Gasteiger partial charge on any atom is 0.341 e. The Balaban J connectivity index is 1.53. The predicted molar refractivity (Wildman–Crippen MR) is 122 cm³/mol. The highest BCUT2D eigenvalue weighted by Gasteiger charge is 2.29. The second-order valence-electron chi connectivity index (χ2n) is 7.67. The second-order valence-corrected chi connectivity index (χ2v) is 8.78. The summed E-state index contributed by atoms with van der Waals surface area (Å²) < 4.78 is 11.1. The number of esters is 1. The van der Waals surface area contributed by atoms with Crippen molar-refractivity contribution in [3.8, 4) is 11.5 Å². The number of carbonyl (C=O) groups excluding carboxylic acids is 2. The quantitative estimate of drug-likeness (QED) is 0.476. The molecule has 31 heavy (non-hydrogen) atoms. The maximum atomic E-state index is 12.9. The van der Waals surface area contributed by atoms with Crippen LogP contribution in [0.25, 0.3) is 0 Å². The van der Waals surface area contributed by atoms with Crippen LogP contribution in [0.15, 0.2) is 54.6 Å². The largest absolute Gasteiger partial charge is 0.462 e. The second kappa shape index (κ2) is 9.35. The van der Waals surface area contributed by atoms with E-state index in [2.05, 4.69) is 12.2 Å². The van der Waals surface area contributed by atoms with Crippen LogP contribution in [0.5, 0.6) is 11.5 Å². The third kappa shape index (κ3) is 4.80. The Morgan fingerprint density at radius 2 is 1.77 bits per heavy atom. The number of hydrogen-bond donors (Lipinski definition) is 1. The Kier molecular flexibility index (Phi) is 6.37. The molecule has 0 spiro atoms. The van der Waals surface area contributed by atoms with Crippen LogP contribution in [0.1, 0.15) is 51.4 Å². The number of rotatable bonds is 6. The first-order valence-corrected chi connectivity index (χ1v) is 11.3. The molecule has 1 unspecified atom stereocenters. The Bertz CT molecular complexity index is 1070. The number of thiophene rings is 1. The molecule has 5 nitrogen and oxygen atoms in total. The molecule has 4 rings (SSSR count). The van der Waals surface area contributed by atoms with Gasteiger partial charge in [-0.25, -0.2) is 4.79 Å². The Labute approximate surface area is 186 Å². The molecule has 6 heteroatoms. The number of fused-ring (bicyclic) bond motifs is 1. The Morgan fingerprint density at radius 1 is 1.06 bits per heavy atom. The molecule has 0 fully saturated rings. The fourth-order valence-corrected chi connectivity index (χ4v) is 5.13. The average Bonchev–Trinajstić information content (AvgIpc) is 3.12. The molecule has 3 aromatic rings. The molecule has 0 radical (unpaired) electrons. The number of amides is 1. The van der Waals surface area contributed by atoms with E-state index in [1.54, 1.807) is 31.2 Å². The van der Waals surface area contributed by atoms with E-state index in [0.29, 0.717) is 34.4 Å². The van der Waals surface area contributed by atoms with Gasteiger partial charge in [0.15, 0.2) is 0 Å². The Morgan fingerprint density at radius 3 is 2.48 bits per heavy atom. The lowest BCUT2D eigenvalue weighted by Crippen LogP contribution is -2.16. The molecule has 0 saturated carbocycles. The fourth-order valence-electron chi connectivity index (χ4n) is 3.73. The zero-order chi connectivity index (χ0) is 21.8. The summed E-state index contributed by atoms with van der Waals surface area (Å²) in [7, 11) is 0. The van der Waals surface area contributed by atoms with Crippen LogP contribution in [0.4, 0.5) is 5.00 Å². The summed E-state index contributed by atoms with van der Waals surface area (Å²) in [6, 6.07) is 16.4. The number of carbonyl (C=O) groups is 2. The van der Waals surface area contributed by atoms with Crippen LogP contribution >= 0.6 is 11.3 Å². The molecule has 1 N–H and O–H groups in total. The lowest BCUT2D eigenvalue weighted by atomic mass is 9.88. The lowest BCUT2D eigenvalue weighted by Gasteiger charge is -2.18. The van der Waals surface area contributed by atoms with E-state index in [0.717, 1.165) is 30.6 Å². The molecular weight excluding hydrogens is 410 g/mol. The first-order valence-electron chi connectivity index (χ1n) is 10.5. The molecule has 1 aliphatic rings. The van der Waals surface area contributed by atoms with E-state index in [1.807, 2.05) is 30.3 Å². The summed E-state index contributed by atoms with van der Waals surface area (Å²) in [6.45, 7) is 4.30. The van der Waals surface area contributed by atoms with Gasteiger partial charge in [-0.15, -0.1) is 11.3 Å². The first kappa shape index (κ1) is 21.1. The van der Waals surface area contributed by atoms with Gasteiger partial charge in [0.2, 0.25) is 0 Å². The van der Waals surface area contributed by atoms with Gasteiger partial charge in [0, 0.05) is 10.4 Å². The van der Waals surface area contributed by atoms with E-state index in [-0.39, 0.29) is 11.9 Å². The third-order valence-electron chi connectivity index (χ3n) is 5.31. The zero-order valence-electron chi connectivity index (χ0n) is 17.6. The van der Waals surface area contributed by atoms with Crippen LogP contribution in [0.3, 0.4) is 0 Å². The van der Waals surface area contributed by atoms with Gasteiger partial charge in [0.1, 0.15) is 16.5 Å². The summed E-state index contributed by atoms with van der Waals surface area (Å²) in [5.74, 6) is 1.33.